The number of rotatable bonds is 3. The largest absolute Gasteiger partial charge is 0.391 e. The van der Waals surface area contributed by atoms with Gasteiger partial charge in [-0.1, -0.05) is 18.9 Å². The molecule has 3 rings (SSSR count). The quantitative estimate of drug-likeness (QED) is 0.871. The number of nitrogens with zero attached hydrogens (tertiary/aromatic N) is 1. The van der Waals surface area contributed by atoms with Crippen molar-refractivity contribution in [3.05, 3.63) is 22.4 Å². The molecule has 0 radical (unpaired) electrons. The first-order valence-corrected chi connectivity index (χ1v) is 8.63. The molecule has 2 heterocycles. The van der Waals surface area contributed by atoms with Gasteiger partial charge >= 0.3 is 0 Å². The summed E-state index contributed by atoms with van der Waals surface area (Å²) in [7, 11) is 0. The van der Waals surface area contributed by atoms with Gasteiger partial charge in [0.15, 0.2) is 5.78 Å². The van der Waals surface area contributed by atoms with Crippen LogP contribution in [-0.4, -0.2) is 41.0 Å². The molecule has 1 aromatic rings. The summed E-state index contributed by atoms with van der Waals surface area (Å²) in [5.41, 5.74) is 0. The number of carbonyl (C=O) groups is 1. The zero-order valence-electron chi connectivity index (χ0n) is 11.8. The summed E-state index contributed by atoms with van der Waals surface area (Å²) < 4.78 is 0. The second kappa shape index (κ2) is 6.37. The second-order valence-corrected chi connectivity index (χ2v) is 7.02. The van der Waals surface area contributed by atoms with Gasteiger partial charge in [-0.25, -0.2) is 0 Å². The fraction of sp³-hybridized carbons (Fsp3) is 0.688. The van der Waals surface area contributed by atoms with Crippen molar-refractivity contribution >= 4 is 17.1 Å². The van der Waals surface area contributed by atoms with E-state index in [0.717, 1.165) is 50.1 Å². The van der Waals surface area contributed by atoms with Gasteiger partial charge in [-0.2, -0.15) is 0 Å². The van der Waals surface area contributed by atoms with Gasteiger partial charge in [-0.05, 0) is 50.2 Å². The third-order valence-electron chi connectivity index (χ3n) is 4.83. The number of likely N-dealkylation sites (tertiary alicyclic amines) is 1. The highest BCUT2D eigenvalue weighted by atomic mass is 32.1. The molecule has 2 aliphatic rings. The molecule has 2 atom stereocenters. The van der Waals surface area contributed by atoms with Gasteiger partial charge in [-0.3, -0.25) is 9.69 Å². The summed E-state index contributed by atoms with van der Waals surface area (Å²) in [6, 6.07) is 4.22. The van der Waals surface area contributed by atoms with E-state index in [-0.39, 0.29) is 12.0 Å². The molecule has 1 aliphatic carbocycles. The maximum atomic E-state index is 12.4. The summed E-state index contributed by atoms with van der Waals surface area (Å²) in [5, 5.41) is 12.1. The molecule has 20 heavy (non-hydrogen) atoms. The zero-order chi connectivity index (χ0) is 13.9. The number of Topliss-reactive ketones (excluding diaryl/α,β-unsaturated/α-hetero) is 1. The number of hydrogen-bond acceptors (Lipinski definition) is 4. The Hall–Kier alpha value is -0.710. The van der Waals surface area contributed by atoms with Crippen LogP contribution in [0.25, 0.3) is 0 Å². The maximum Gasteiger partial charge on any atom is 0.175 e. The fourth-order valence-electron chi connectivity index (χ4n) is 3.63. The van der Waals surface area contributed by atoms with E-state index in [9.17, 15) is 9.90 Å². The Balaban J connectivity index is 1.55. The highest BCUT2D eigenvalue weighted by molar-refractivity contribution is 7.12. The van der Waals surface area contributed by atoms with Crippen molar-refractivity contribution in [1.82, 2.24) is 4.90 Å². The summed E-state index contributed by atoms with van der Waals surface area (Å²) in [6.07, 6.45) is 6.18. The third-order valence-corrected chi connectivity index (χ3v) is 5.71. The van der Waals surface area contributed by atoms with Gasteiger partial charge in [0.25, 0.3) is 0 Å². The molecular weight excluding hydrogens is 270 g/mol. The molecule has 110 valence electrons. The summed E-state index contributed by atoms with van der Waals surface area (Å²) >= 11 is 1.55. The second-order valence-electron chi connectivity index (χ2n) is 6.07. The standard InChI is InChI=1S/C16H23NO2S/c18-14-5-2-1-4-13(14)17-9-7-12(8-10-17)16(19)15-6-3-11-20-15/h3,6,11-14,18H,1-2,4-5,7-10H2/t13-,14-/m1/s1. The van der Waals surface area contributed by atoms with Crippen molar-refractivity contribution < 1.29 is 9.90 Å². The van der Waals surface area contributed by atoms with Crippen molar-refractivity contribution in [2.75, 3.05) is 13.1 Å². The molecule has 0 unspecified atom stereocenters. The minimum atomic E-state index is -0.159. The number of aliphatic hydroxyl groups is 1. The van der Waals surface area contributed by atoms with Crippen molar-refractivity contribution in [1.29, 1.82) is 0 Å². The predicted octanol–water partition coefficient (Wildman–Crippen LogP) is 2.95. The lowest BCUT2D eigenvalue weighted by Crippen LogP contribution is -2.49. The number of ketones is 1. The van der Waals surface area contributed by atoms with Crippen LogP contribution >= 0.6 is 11.3 Å². The van der Waals surface area contributed by atoms with Gasteiger partial charge in [-0.15, -0.1) is 11.3 Å². The Morgan fingerprint density at radius 2 is 1.95 bits per heavy atom. The lowest BCUT2D eigenvalue weighted by molar-refractivity contribution is 0.00503. The Kier molecular flexibility index (Phi) is 4.54. The van der Waals surface area contributed by atoms with Crippen molar-refractivity contribution in [3.8, 4) is 0 Å². The fourth-order valence-corrected chi connectivity index (χ4v) is 4.37. The van der Waals surface area contributed by atoms with Gasteiger partial charge in [0.1, 0.15) is 0 Å². The predicted molar refractivity (Wildman–Crippen MR) is 81.2 cm³/mol. The van der Waals surface area contributed by atoms with E-state index < -0.39 is 0 Å². The normalized spacial score (nSPS) is 29.4. The molecular formula is C16H23NO2S. The monoisotopic (exact) mass is 293 g/mol. The van der Waals surface area contributed by atoms with Crippen LogP contribution in [0.2, 0.25) is 0 Å². The highest BCUT2D eigenvalue weighted by Crippen LogP contribution is 2.29. The average Bonchev–Trinajstić information content (AvgIpc) is 3.01. The molecule has 0 amide bonds. The minimum absolute atomic E-state index is 0.159. The molecule has 1 aliphatic heterocycles. The SMILES string of the molecule is O=C(c1cccs1)C1CCN([C@@H]2CCCC[C@H]2O)CC1. The zero-order valence-corrected chi connectivity index (χ0v) is 12.6. The Morgan fingerprint density at radius 3 is 2.60 bits per heavy atom. The number of aliphatic hydroxyl groups excluding tert-OH is 1. The van der Waals surface area contributed by atoms with E-state index in [0.29, 0.717) is 11.8 Å². The van der Waals surface area contributed by atoms with E-state index in [2.05, 4.69) is 4.90 Å². The van der Waals surface area contributed by atoms with Crippen LogP contribution in [0.3, 0.4) is 0 Å². The Labute approximate surface area is 124 Å². The van der Waals surface area contributed by atoms with Crippen LogP contribution in [0.15, 0.2) is 17.5 Å². The van der Waals surface area contributed by atoms with E-state index in [1.54, 1.807) is 11.3 Å². The Morgan fingerprint density at radius 1 is 1.20 bits per heavy atom. The van der Waals surface area contributed by atoms with E-state index in [1.165, 1.54) is 6.42 Å². The van der Waals surface area contributed by atoms with E-state index in [4.69, 9.17) is 0 Å². The first-order chi connectivity index (χ1) is 9.75. The van der Waals surface area contributed by atoms with Crippen LogP contribution in [0.4, 0.5) is 0 Å². The Bertz CT molecular complexity index is 437. The highest BCUT2D eigenvalue weighted by Gasteiger charge is 2.33. The van der Waals surface area contributed by atoms with Crippen LogP contribution in [-0.2, 0) is 0 Å². The molecule has 1 N–H and O–H groups in total. The minimum Gasteiger partial charge on any atom is -0.391 e. The number of hydrogen-bond donors (Lipinski definition) is 1. The molecule has 4 heteroatoms. The number of carbonyl (C=O) groups excluding carboxylic acids is 1. The van der Waals surface area contributed by atoms with Crippen molar-refractivity contribution in [3.63, 3.8) is 0 Å². The summed E-state index contributed by atoms with van der Waals surface area (Å²) in [4.78, 5) is 15.7. The van der Waals surface area contributed by atoms with Crippen LogP contribution < -0.4 is 0 Å². The van der Waals surface area contributed by atoms with Gasteiger partial charge in [0, 0.05) is 12.0 Å². The molecule has 1 aromatic heterocycles. The van der Waals surface area contributed by atoms with E-state index >= 15 is 0 Å². The molecule has 3 nitrogen and oxygen atoms in total. The number of thiophene rings is 1. The van der Waals surface area contributed by atoms with Gasteiger partial charge < -0.3 is 5.11 Å². The molecule has 2 fully saturated rings. The lowest BCUT2D eigenvalue weighted by atomic mass is 9.87. The first kappa shape index (κ1) is 14.2. The molecule has 0 spiro atoms. The first-order valence-electron chi connectivity index (χ1n) is 7.75. The molecule has 0 bridgehead atoms. The topological polar surface area (TPSA) is 40.5 Å². The smallest absolute Gasteiger partial charge is 0.175 e. The molecule has 1 saturated carbocycles. The lowest BCUT2D eigenvalue weighted by Gasteiger charge is -2.41. The van der Waals surface area contributed by atoms with E-state index in [1.807, 2.05) is 17.5 Å². The van der Waals surface area contributed by atoms with Crippen molar-refractivity contribution in [2.24, 2.45) is 5.92 Å². The molecule has 0 aromatic carbocycles. The average molecular weight is 293 g/mol. The molecule has 1 saturated heterocycles. The van der Waals surface area contributed by atoms with Crippen LogP contribution in [0.1, 0.15) is 48.2 Å². The summed E-state index contributed by atoms with van der Waals surface area (Å²) in [5.74, 6) is 0.509. The van der Waals surface area contributed by atoms with Gasteiger partial charge in [0.2, 0.25) is 0 Å². The summed E-state index contributed by atoms with van der Waals surface area (Å²) in [6.45, 7) is 1.92. The maximum absolute atomic E-state index is 12.4. The van der Waals surface area contributed by atoms with Gasteiger partial charge in [0.05, 0.1) is 11.0 Å². The number of piperidine rings is 1. The van der Waals surface area contributed by atoms with Crippen molar-refractivity contribution in [2.45, 2.75) is 50.7 Å². The van der Waals surface area contributed by atoms with Crippen LogP contribution in [0.5, 0.6) is 0 Å². The third kappa shape index (κ3) is 2.97. The van der Waals surface area contributed by atoms with Crippen LogP contribution in [0, 0.1) is 5.92 Å².